The molecule has 0 spiro atoms. The van der Waals surface area contributed by atoms with E-state index in [0.29, 0.717) is 9.66 Å². The second kappa shape index (κ2) is 3.09. The number of nitrogens with zero attached hydrogens (tertiary/aromatic N) is 1. The van der Waals surface area contributed by atoms with Crippen LogP contribution in [0.1, 0.15) is 5.69 Å². The molecule has 0 aromatic carbocycles. The number of fused-ring (bicyclic) bond motifs is 1. The van der Waals surface area contributed by atoms with Gasteiger partial charge >= 0.3 is 0 Å². The van der Waals surface area contributed by atoms with E-state index in [9.17, 15) is 0 Å². The summed E-state index contributed by atoms with van der Waals surface area (Å²) >= 11 is 11.0. The number of H-pyrrole nitrogens is 1. The Morgan fingerprint density at radius 1 is 1.46 bits per heavy atom. The highest BCUT2D eigenvalue weighted by Crippen LogP contribution is 2.17. The summed E-state index contributed by atoms with van der Waals surface area (Å²) in [5.74, 6) is 0. The second-order valence-electron chi connectivity index (χ2n) is 2.87. The van der Waals surface area contributed by atoms with Crippen LogP contribution in [0.5, 0.6) is 0 Å². The third kappa shape index (κ3) is 1.57. The normalized spacial score (nSPS) is 10.6. The molecule has 2 heterocycles. The molecule has 0 amide bonds. The van der Waals surface area contributed by atoms with Crippen LogP contribution in [0.3, 0.4) is 0 Å². The number of halogens is 1. The molecule has 2 aromatic heterocycles. The monoisotopic (exact) mass is 210 g/mol. The summed E-state index contributed by atoms with van der Waals surface area (Å²) in [6.07, 6.45) is 1.62. The average molecular weight is 211 g/mol. The lowest BCUT2D eigenvalue weighted by Gasteiger charge is -1.99. The second-order valence-corrected chi connectivity index (χ2v) is 3.71. The van der Waals surface area contributed by atoms with Crippen LogP contribution in [0.25, 0.3) is 10.9 Å². The number of hydrogen-bond acceptors (Lipinski definition) is 2. The fourth-order valence-corrected chi connectivity index (χ4v) is 1.72. The fraction of sp³-hybridized carbons (Fsp3) is 0.111. The van der Waals surface area contributed by atoms with Gasteiger partial charge in [-0.2, -0.15) is 0 Å². The van der Waals surface area contributed by atoms with Gasteiger partial charge < -0.3 is 4.98 Å². The molecule has 0 atom stereocenters. The van der Waals surface area contributed by atoms with E-state index < -0.39 is 0 Å². The van der Waals surface area contributed by atoms with Crippen LogP contribution in [0.2, 0.25) is 5.02 Å². The molecule has 0 bridgehead atoms. The van der Waals surface area contributed by atoms with Gasteiger partial charge in [0, 0.05) is 17.3 Å². The summed E-state index contributed by atoms with van der Waals surface area (Å²) in [7, 11) is 0. The Morgan fingerprint density at radius 3 is 3.00 bits per heavy atom. The van der Waals surface area contributed by atoms with Gasteiger partial charge in [-0.1, -0.05) is 23.8 Å². The third-order valence-electron chi connectivity index (χ3n) is 1.79. The zero-order valence-electron chi connectivity index (χ0n) is 6.97. The third-order valence-corrected chi connectivity index (χ3v) is 2.32. The zero-order valence-corrected chi connectivity index (χ0v) is 8.54. The van der Waals surface area contributed by atoms with E-state index in [1.165, 1.54) is 0 Å². The Balaban J connectivity index is 2.95. The largest absolute Gasteiger partial charge is 0.350 e. The highest BCUT2D eigenvalue weighted by atomic mass is 35.5. The molecule has 0 unspecified atom stereocenters. The van der Waals surface area contributed by atoms with Crippen molar-refractivity contribution in [2.24, 2.45) is 0 Å². The molecule has 2 rings (SSSR count). The van der Waals surface area contributed by atoms with Gasteiger partial charge in [0.1, 0.15) is 4.64 Å². The zero-order chi connectivity index (χ0) is 9.42. The minimum atomic E-state index is 0.607. The van der Waals surface area contributed by atoms with Crippen molar-refractivity contribution in [3.05, 3.63) is 33.7 Å². The molecule has 0 radical (unpaired) electrons. The molecule has 0 aliphatic heterocycles. The van der Waals surface area contributed by atoms with Crippen LogP contribution in [-0.2, 0) is 0 Å². The van der Waals surface area contributed by atoms with Crippen molar-refractivity contribution >= 4 is 34.7 Å². The maximum atomic E-state index is 5.81. The minimum Gasteiger partial charge on any atom is -0.350 e. The molecule has 1 N–H and O–H groups in total. The lowest BCUT2D eigenvalue weighted by molar-refractivity contribution is 1.19. The summed E-state index contributed by atoms with van der Waals surface area (Å²) in [6, 6.07) is 3.77. The Kier molecular flexibility index (Phi) is 2.06. The number of pyridine rings is 2. The van der Waals surface area contributed by atoms with Gasteiger partial charge in [0.25, 0.3) is 0 Å². The SMILES string of the molecule is Cc1cc2ncc(Cl)cc2c(=S)[nH]1. The molecule has 0 aliphatic carbocycles. The van der Waals surface area contributed by atoms with Gasteiger partial charge in [-0.25, -0.2) is 0 Å². The molecular formula is C9H7ClN2S. The lowest BCUT2D eigenvalue weighted by atomic mass is 10.2. The summed E-state index contributed by atoms with van der Waals surface area (Å²) in [4.78, 5) is 7.24. The van der Waals surface area contributed by atoms with E-state index >= 15 is 0 Å². The van der Waals surface area contributed by atoms with Crippen molar-refractivity contribution in [2.75, 3.05) is 0 Å². The van der Waals surface area contributed by atoms with Gasteiger partial charge in [-0.15, -0.1) is 0 Å². The van der Waals surface area contributed by atoms with E-state index in [2.05, 4.69) is 9.97 Å². The molecular weight excluding hydrogens is 204 g/mol. The van der Waals surface area contributed by atoms with Gasteiger partial charge in [0.15, 0.2) is 0 Å². The molecule has 0 saturated carbocycles. The van der Waals surface area contributed by atoms with E-state index in [1.54, 1.807) is 6.20 Å². The van der Waals surface area contributed by atoms with Crippen molar-refractivity contribution in [3.8, 4) is 0 Å². The first-order valence-corrected chi connectivity index (χ1v) is 4.60. The molecule has 2 nitrogen and oxygen atoms in total. The van der Waals surface area contributed by atoms with E-state index in [1.807, 2.05) is 19.1 Å². The van der Waals surface area contributed by atoms with Crippen molar-refractivity contribution in [3.63, 3.8) is 0 Å². The minimum absolute atomic E-state index is 0.607. The Bertz CT molecular complexity index is 518. The summed E-state index contributed by atoms with van der Waals surface area (Å²) in [5, 5.41) is 1.50. The predicted octanol–water partition coefficient (Wildman–Crippen LogP) is 3.25. The number of aryl methyl sites for hydroxylation is 1. The highest BCUT2D eigenvalue weighted by molar-refractivity contribution is 7.71. The van der Waals surface area contributed by atoms with Crippen LogP contribution >= 0.6 is 23.8 Å². The number of aromatic amines is 1. The molecule has 2 aromatic rings. The molecule has 0 fully saturated rings. The maximum absolute atomic E-state index is 5.81. The number of aromatic nitrogens is 2. The van der Waals surface area contributed by atoms with E-state index in [0.717, 1.165) is 16.6 Å². The van der Waals surface area contributed by atoms with Crippen LogP contribution in [0, 0.1) is 11.6 Å². The van der Waals surface area contributed by atoms with Crippen LogP contribution < -0.4 is 0 Å². The van der Waals surface area contributed by atoms with Crippen molar-refractivity contribution in [1.82, 2.24) is 9.97 Å². The molecule has 13 heavy (non-hydrogen) atoms. The van der Waals surface area contributed by atoms with Crippen molar-refractivity contribution in [1.29, 1.82) is 0 Å². The van der Waals surface area contributed by atoms with E-state index in [-0.39, 0.29) is 0 Å². The van der Waals surface area contributed by atoms with Gasteiger partial charge in [-0.3, -0.25) is 4.98 Å². The Hall–Kier alpha value is -0.930. The maximum Gasteiger partial charge on any atom is 0.112 e. The van der Waals surface area contributed by atoms with Gasteiger partial charge in [0.2, 0.25) is 0 Å². The van der Waals surface area contributed by atoms with Gasteiger partial charge in [-0.05, 0) is 19.1 Å². The lowest BCUT2D eigenvalue weighted by Crippen LogP contribution is -1.86. The number of rotatable bonds is 0. The van der Waals surface area contributed by atoms with Crippen molar-refractivity contribution < 1.29 is 0 Å². The topological polar surface area (TPSA) is 28.7 Å². The van der Waals surface area contributed by atoms with Crippen LogP contribution in [0.4, 0.5) is 0 Å². The number of nitrogens with one attached hydrogen (secondary N) is 1. The van der Waals surface area contributed by atoms with E-state index in [4.69, 9.17) is 23.8 Å². The van der Waals surface area contributed by atoms with Crippen LogP contribution in [-0.4, -0.2) is 9.97 Å². The smallest absolute Gasteiger partial charge is 0.112 e. The van der Waals surface area contributed by atoms with Crippen LogP contribution in [0.15, 0.2) is 18.3 Å². The fourth-order valence-electron chi connectivity index (χ4n) is 1.23. The standard InChI is InChI=1S/C9H7ClN2S/c1-5-2-8-7(9(13)12-5)3-6(10)4-11-8/h2-4H,1H3,(H,12,13). The Labute approximate surface area is 85.6 Å². The summed E-state index contributed by atoms with van der Waals surface area (Å²) < 4.78 is 0.685. The van der Waals surface area contributed by atoms with Gasteiger partial charge in [0.05, 0.1) is 10.5 Å². The molecule has 0 saturated heterocycles. The highest BCUT2D eigenvalue weighted by Gasteiger charge is 1.98. The Morgan fingerprint density at radius 2 is 2.23 bits per heavy atom. The first-order valence-electron chi connectivity index (χ1n) is 3.82. The molecule has 66 valence electrons. The molecule has 4 heteroatoms. The molecule has 0 aliphatic rings. The predicted molar refractivity (Wildman–Crippen MR) is 56.7 cm³/mol. The van der Waals surface area contributed by atoms with Crippen molar-refractivity contribution in [2.45, 2.75) is 6.92 Å². The number of hydrogen-bond donors (Lipinski definition) is 1. The quantitative estimate of drug-likeness (QED) is 0.677. The first-order chi connectivity index (χ1) is 6.16. The summed E-state index contributed by atoms with van der Waals surface area (Å²) in [6.45, 7) is 1.95. The average Bonchev–Trinajstić information content (AvgIpc) is 2.06. The summed E-state index contributed by atoms with van der Waals surface area (Å²) in [5.41, 5.74) is 1.89. The first kappa shape index (κ1) is 8.66.